The highest BCUT2D eigenvalue weighted by Gasteiger charge is 2.09. The van der Waals surface area contributed by atoms with E-state index in [0.29, 0.717) is 18.4 Å². The molecule has 0 bridgehead atoms. The number of esters is 1. The molecule has 0 aliphatic carbocycles. The molecule has 0 aliphatic rings. The second-order valence-corrected chi connectivity index (χ2v) is 6.40. The first-order valence-corrected chi connectivity index (χ1v) is 7.61. The third-order valence-electron chi connectivity index (χ3n) is 3.07. The highest BCUT2D eigenvalue weighted by atomic mass is 16.5. The standard InChI is InChI=1S/C16H32O2/c1-5-6-7-11-14-18-15(17)12-9-8-10-13-16(2,3)4/h5-14H2,1-4H3. The maximum Gasteiger partial charge on any atom is 0.305 e. The van der Waals surface area contributed by atoms with Crippen LogP contribution in [0.2, 0.25) is 0 Å². The Hall–Kier alpha value is -0.530. The molecule has 0 radical (unpaired) electrons. The molecule has 0 N–H and O–H groups in total. The molecule has 0 atom stereocenters. The Bertz CT molecular complexity index is 204. The predicted octanol–water partition coefficient (Wildman–Crippen LogP) is 5.11. The second-order valence-electron chi connectivity index (χ2n) is 6.40. The molecule has 18 heavy (non-hydrogen) atoms. The van der Waals surface area contributed by atoms with Crippen LogP contribution in [0.15, 0.2) is 0 Å². The highest BCUT2D eigenvalue weighted by Crippen LogP contribution is 2.22. The van der Waals surface area contributed by atoms with Crippen LogP contribution in [-0.4, -0.2) is 12.6 Å². The lowest BCUT2D eigenvalue weighted by atomic mass is 9.89. The van der Waals surface area contributed by atoms with Crippen LogP contribution in [0, 0.1) is 5.41 Å². The molecule has 0 unspecified atom stereocenters. The Labute approximate surface area is 113 Å². The van der Waals surface area contributed by atoms with Crippen molar-refractivity contribution in [2.45, 2.75) is 85.5 Å². The average molecular weight is 256 g/mol. The molecule has 0 saturated heterocycles. The van der Waals surface area contributed by atoms with E-state index in [1.807, 2.05) is 0 Å². The minimum atomic E-state index is -0.0118. The van der Waals surface area contributed by atoms with Gasteiger partial charge in [0.1, 0.15) is 0 Å². The van der Waals surface area contributed by atoms with E-state index < -0.39 is 0 Å². The van der Waals surface area contributed by atoms with E-state index >= 15 is 0 Å². The Morgan fingerprint density at radius 3 is 2.22 bits per heavy atom. The molecule has 0 aromatic rings. The van der Waals surface area contributed by atoms with Crippen molar-refractivity contribution in [2.24, 2.45) is 5.41 Å². The van der Waals surface area contributed by atoms with Gasteiger partial charge in [-0.25, -0.2) is 0 Å². The molecular formula is C16H32O2. The van der Waals surface area contributed by atoms with E-state index in [4.69, 9.17) is 4.74 Å². The van der Waals surface area contributed by atoms with Gasteiger partial charge in [-0.05, 0) is 24.7 Å². The summed E-state index contributed by atoms with van der Waals surface area (Å²) in [7, 11) is 0. The topological polar surface area (TPSA) is 26.3 Å². The Morgan fingerprint density at radius 2 is 1.61 bits per heavy atom. The second kappa shape index (κ2) is 10.4. The molecule has 0 aromatic heterocycles. The van der Waals surface area contributed by atoms with Crippen molar-refractivity contribution in [2.75, 3.05) is 6.61 Å². The van der Waals surface area contributed by atoms with Crippen LogP contribution in [0.25, 0.3) is 0 Å². The fraction of sp³-hybridized carbons (Fsp3) is 0.938. The van der Waals surface area contributed by atoms with Gasteiger partial charge in [0, 0.05) is 6.42 Å². The monoisotopic (exact) mass is 256 g/mol. The van der Waals surface area contributed by atoms with Gasteiger partial charge >= 0.3 is 5.97 Å². The maximum atomic E-state index is 11.4. The summed E-state index contributed by atoms with van der Waals surface area (Å²) in [5, 5.41) is 0. The van der Waals surface area contributed by atoms with Crippen LogP contribution in [0.3, 0.4) is 0 Å². The Balaban J connectivity index is 3.27. The average Bonchev–Trinajstić information content (AvgIpc) is 2.27. The molecule has 108 valence electrons. The molecule has 2 heteroatoms. The Morgan fingerprint density at radius 1 is 0.944 bits per heavy atom. The van der Waals surface area contributed by atoms with Crippen LogP contribution >= 0.6 is 0 Å². The number of ether oxygens (including phenoxy) is 1. The third-order valence-corrected chi connectivity index (χ3v) is 3.07. The largest absolute Gasteiger partial charge is 0.466 e. The van der Waals surface area contributed by atoms with Crippen molar-refractivity contribution < 1.29 is 9.53 Å². The van der Waals surface area contributed by atoms with Crippen molar-refractivity contribution in [3.05, 3.63) is 0 Å². The number of carbonyl (C=O) groups excluding carboxylic acids is 1. The lowest BCUT2D eigenvalue weighted by molar-refractivity contribution is -0.143. The van der Waals surface area contributed by atoms with Gasteiger partial charge in [-0.1, -0.05) is 59.8 Å². The number of hydrogen-bond acceptors (Lipinski definition) is 2. The van der Waals surface area contributed by atoms with Crippen molar-refractivity contribution in [1.82, 2.24) is 0 Å². The van der Waals surface area contributed by atoms with Gasteiger partial charge in [0.25, 0.3) is 0 Å². The summed E-state index contributed by atoms with van der Waals surface area (Å²) in [6, 6.07) is 0. The van der Waals surface area contributed by atoms with Crippen LogP contribution in [0.1, 0.15) is 85.5 Å². The molecular weight excluding hydrogens is 224 g/mol. The first-order chi connectivity index (χ1) is 8.45. The van der Waals surface area contributed by atoms with Crippen LogP contribution in [0.4, 0.5) is 0 Å². The van der Waals surface area contributed by atoms with Crippen molar-refractivity contribution in [1.29, 1.82) is 0 Å². The molecule has 0 heterocycles. The van der Waals surface area contributed by atoms with E-state index in [0.717, 1.165) is 19.3 Å². The van der Waals surface area contributed by atoms with Gasteiger partial charge in [0.15, 0.2) is 0 Å². The van der Waals surface area contributed by atoms with Crippen LogP contribution < -0.4 is 0 Å². The van der Waals surface area contributed by atoms with E-state index in [2.05, 4.69) is 27.7 Å². The van der Waals surface area contributed by atoms with Crippen molar-refractivity contribution >= 4 is 5.97 Å². The molecule has 0 saturated carbocycles. The predicted molar refractivity (Wildman–Crippen MR) is 77.6 cm³/mol. The van der Waals surface area contributed by atoms with E-state index in [1.165, 1.54) is 32.1 Å². The highest BCUT2D eigenvalue weighted by molar-refractivity contribution is 5.69. The van der Waals surface area contributed by atoms with Crippen LogP contribution in [0.5, 0.6) is 0 Å². The van der Waals surface area contributed by atoms with Crippen molar-refractivity contribution in [3.63, 3.8) is 0 Å². The van der Waals surface area contributed by atoms with E-state index in [9.17, 15) is 4.79 Å². The minimum Gasteiger partial charge on any atom is -0.466 e. The van der Waals surface area contributed by atoms with E-state index in [1.54, 1.807) is 0 Å². The maximum absolute atomic E-state index is 11.4. The number of hydrogen-bond donors (Lipinski definition) is 0. The summed E-state index contributed by atoms with van der Waals surface area (Å²) in [6.45, 7) is 9.58. The zero-order valence-corrected chi connectivity index (χ0v) is 12.9. The smallest absolute Gasteiger partial charge is 0.305 e. The summed E-state index contributed by atoms with van der Waals surface area (Å²) in [5.41, 5.74) is 0.416. The van der Waals surface area contributed by atoms with Crippen LogP contribution in [-0.2, 0) is 9.53 Å². The zero-order valence-electron chi connectivity index (χ0n) is 12.9. The quantitative estimate of drug-likeness (QED) is 0.401. The molecule has 0 spiro atoms. The molecule has 0 amide bonds. The molecule has 0 fully saturated rings. The summed E-state index contributed by atoms with van der Waals surface area (Å²) in [4.78, 5) is 11.4. The van der Waals surface area contributed by atoms with Crippen molar-refractivity contribution in [3.8, 4) is 0 Å². The van der Waals surface area contributed by atoms with Gasteiger partial charge in [-0.2, -0.15) is 0 Å². The van der Waals surface area contributed by atoms with Gasteiger partial charge in [-0.3, -0.25) is 4.79 Å². The first-order valence-electron chi connectivity index (χ1n) is 7.61. The third kappa shape index (κ3) is 13.5. The minimum absolute atomic E-state index is 0.0118. The summed E-state index contributed by atoms with van der Waals surface area (Å²) >= 11 is 0. The van der Waals surface area contributed by atoms with Gasteiger partial charge in [0.2, 0.25) is 0 Å². The lowest BCUT2D eigenvalue weighted by Gasteiger charge is -2.17. The first kappa shape index (κ1) is 17.5. The lowest BCUT2D eigenvalue weighted by Crippen LogP contribution is -2.06. The SMILES string of the molecule is CCCCCCOC(=O)CCCCCC(C)(C)C. The normalized spacial score (nSPS) is 11.6. The van der Waals surface area contributed by atoms with Gasteiger partial charge in [-0.15, -0.1) is 0 Å². The summed E-state index contributed by atoms with van der Waals surface area (Å²) in [6.07, 6.45) is 9.82. The van der Waals surface area contributed by atoms with E-state index in [-0.39, 0.29) is 5.97 Å². The number of carbonyl (C=O) groups is 1. The fourth-order valence-corrected chi connectivity index (χ4v) is 1.89. The van der Waals surface area contributed by atoms with Gasteiger partial charge in [0.05, 0.1) is 6.61 Å². The Kier molecular flexibility index (Phi) is 10.1. The molecule has 0 aromatic carbocycles. The summed E-state index contributed by atoms with van der Waals surface area (Å²) in [5.74, 6) is -0.0118. The summed E-state index contributed by atoms with van der Waals surface area (Å²) < 4.78 is 5.20. The molecule has 2 nitrogen and oxygen atoms in total. The zero-order chi connectivity index (χ0) is 13.9. The molecule has 0 rings (SSSR count). The number of unbranched alkanes of at least 4 members (excludes halogenated alkanes) is 5. The fourth-order valence-electron chi connectivity index (χ4n) is 1.89. The van der Waals surface area contributed by atoms with Gasteiger partial charge < -0.3 is 4.74 Å². The number of rotatable bonds is 10. The molecule has 0 aliphatic heterocycles.